The first-order chi connectivity index (χ1) is 9.16. The maximum atomic E-state index is 6.33. The quantitative estimate of drug-likeness (QED) is 0.570. The van der Waals surface area contributed by atoms with Crippen LogP contribution in [0.3, 0.4) is 0 Å². The zero-order valence-electron chi connectivity index (χ0n) is 10.9. The Balaban J connectivity index is 2.15. The number of halogens is 2. The summed E-state index contributed by atoms with van der Waals surface area (Å²) in [6, 6.07) is 6.41. The molecule has 3 rings (SSSR count). The average molecular weight is 390 g/mol. The van der Waals surface area contributed by atoms with Crippen LogP contribution in [-0.4, -0.2) is 22.7 Å². The number of piperidine rings is 1. The summed E-state index contributed by atoms with van der Waals surface area (Å²) < 4.78 is 3.45. The van der Waals surface area contributed by atoms with Gasteiger partial charge >= 0.3 is 0 Å². The number of rotatable bonds is 2. The largest absolute Gasteiger partial charge is 0.311 e. The molecule has 0 N–H and O–H groups in total. The van der Waals surface area contributed by atoms with E-state index >= 15 is 0 Å². The Kier molecular flexibility index (Phi) is 3.89. The summed E-state index contributed by atoms with van der Waals surface area (Å²) in [5.74, 6) is 0.959. The van der Waals surface area contributed by atoms with Crippen molar-refractivity contribution < 1.29 is 0 Å². The van der Waals surface area contributed by atoms with E-state index in [4.69, 9.17) is 16.6 Å². The van der Waals surface area contributed by atoms with E-state index in [2.05, 4.69) is 50.5 Å². The number of hydrogen-bond acceptors (Lipinski definition) is 2. The van der Waals surface area contributed by atoms with E-state index < -0.39 is 0 Å². The highest BCUT2D eigenvalue weighted by Gasteiger charge is 2.20. The molecule has 1 aliphatic heterocycles. The van der Waals surface area contributed by atoms with Crippen LogP contribution in [-0.2, 0) is 0 Å². The van der Waals surface area contributed by atoms with Crippen molar-refractivity contribution in [2.45, 2.75) is 31.6 Å². The summed E-state index contributed by atoms with van der Waals surface area (Å²) in [5.41, 5.74) is 2.21. The molecule has 0 amide bonds. The van der Waals surface area contributed by atoms with E-state index in [9.17, 15) is 0 Å². The van der Waals surface area contributed by atoms with E-state index in [0.29, 0.717) is 0 Å². The first-order valence-corrected chi connectivity index (χ1v) is 8.25. The molecule has 2 aromatic rings. The number of aromatic nitrogens is 2. The molecule has 2 heterocycles. The van der Waals surface area contributed by atoms with Gasteiger partial charge in [0, 0.05) is 16.7 Å². The van der Waals surface area contributed by atoms with Crippen molar-refractivity contribution in [2.24, 2.45) is 0 Å². The van der Waals surface area contributed by atoms with Gasteiger partial charge in [-0.1, -0.05) is 0 Å². The second-order valence-electron chi connectivity index (χ2n) is 5.05. The first-order valence-electron chi connectivity index (χ1n) is 6.74. The fourth-order valence-corrected chi connectivity index (χ4v) is 3.31. The van der Waals surface area contributed by atoms with Gasteiger partial charge in [0.15, 0.2) is 0 Å². The number of fused-ring (bicyclic) bond motifs is 1. The molecular weight excluding hydrogens is 373 g/mol. The smallest absolute Gasteiger partial charge is 0.146 e. The van der Waals surface area contributed by atoms with Gasteiger partial charge in [-0.2, -0.15) is 0 Å². The van der Waals surface area contributed by atoms with Gasteiger partial charge in [0.1, 0.15) is 5.82 Å². The van der Waals surface area contributed by atoms with Gasteiger partial charge in [0.05, 0.1) is 16.4 Å². The van der Waals surface area contributed by atoms with Gasteiger partial charge < -0.3 is 5.01 Å². The number of benzene rings is 1. The molecule has 19 heavy (non-hydrogen) atoms. The minimum atomic E-state index is -0.0769. The highest BCUT2D eigenvalue weighted by atomic mass is 127. The molecule has 1 saturated heterocycles. The summed E-state index contributed by atoms with van der Waals surface area (Å²) in [7, 11) is 0. The Morgan fingerprint density at radius 2 is 2.00 bits per heavy atom. The zero-order chi connectivity index (χ0) is 13.4. The van der Waals surface area contributed by atoms with E-state index in [1.165, 1.54) is 28.3 Å². The third-order valence-electron chi connectivity index (χ3n) is 3.59. The van der Waals surface area contributed by atoms with Crippen LogP contribution in [0.25, 0.3) is 11.0 Å². The Morgan fingerprint density at radius 1 is 1.26 bits per heavy atom. The maximum absolute atomic E-state index is 6.33. The van der Waals surface area contributed by atoms with Crippen LogP contribution in [0.15, 0.2) is 18.2 Å². The third kappa shape index (κ3) is 2.57. The van der Waals surface area contributed by atoms with Crippen LogP contribution in [0.2, 0.25) is 0 Å². The number of nitrogens with zero attached hydrogens (tertiary/aromatic N) is 3. The summed E-state index contributed by atoms with van der Waals surface area (Å²) in [6.07, 6.45) is 3.83. The number of hydrogen-bond donors (Lipinski definition) is 0. The predicted molar refractivity (Wildman–Crippen MR) is 88.5 cm³/mol. The summed E-state index contributed by atoms with van der Waals surface area (Å²) in [4.78, 5) is 4.73. The fraction of sp³-hybridized carbons (Fsp3) is 0.500. The molecule has 0 spiro atoms. The Hall–Kier alpha value is -0.490. The molecule has 1 aliphatic rings. The van der Waals surface area contributed by atoms with Gasteiger partial charge in [0.25, 0.3) is 0 Å². The second-order valence-corrected chi connectivity index (χ2v) is 6.95. The van der Waals surface area contributed by atoms with Gasteiger partial charge in [-0.15, -0.1) is 11.6 Å². The van der Waals surface area contributed by atoms with Crippen molar-refractivity contribution in [3.05, 3.63) is 27.6 Å². The second kappa shape index (κ2) is 5.48. The summed E-state index contributed by atoms with van der Waals surface area (Å²) in [5, 5.41) is 2.31. The van der Waals surface area contributed by atoms with Crippen molar-refractivity contribution in [2.75, 3.05) is 18.1 Å². The van der Waals surface area contributed by atoms with Crippen LogP contribution in [0.4, 0.5) is 0 Å². The monoisotopic (exact) mass is 389 g/mol. The molecule has 3 nitrogen and oxygen atoms in total. The van der Waals surface area contributed by atoms with Gasteiger partial charge in [-0.3, -0.25) is 0 Å². The predicted octanol–water partition coefficient (Wildman–Crippen LogP) is 4.06. The fourth-order valence-electron chi connectivity index (χ4n) is 2.69. The number of imidazole rings is 1. The molecule has 0 aliphatic carbocycles. The highest BCUT2D eigenvalue weighted by Crippen LogP contribution is 2.27. The Labute approximate surface area is 132 Å². The molecule has 5 heteroatoms. The topological polar surface area (TPSA) is 21.1 Å². The molecule has 1 aromatic carbocycles. The van der Waals surface area contributed by atoms with Crippen molar-refractivity contribution in [1.82, 2.24) is 9.66 Å². The van der Waals surface area contributed by atoms with Crippen molar-refractivity contribution in [1.29, 1.82) is 0 Å². The lowest BCUT2D eigenvalue weighted by atomic mass is 10.2. The average Bonchev–Trinajstić information content (AvgIpc) is 2.78. The SMILES string of the molecule is CC(Cl)c1nc2cc(I)ccc2n1N1CCCCC1. The van der Waals surface area contributed by atoms with Crippen molar-refractivity contribution >= 4 is 45.2 Å². The molecule has 1 fully saturated rings. The minimum absolute atomic E-state index is 0.0769. The van der Waals surface area contributed by atoms with Crippen LogP contribution in [0.1, 0.15) is 37.4 Å². The van der Waals surface area contributed by atoms with Gasteiger partial charge in [0.2, 0.25) is 0 Å². The zero-order valence-corrected chi connectivity index (χ0v) is 13.9. The van der Waals surface area contributed by atoms with Crippen LogP contribution in [0, 0.1) is 3.57 Å². The van der Waals surface area contributed by atoms with Gasteiger partial charge in [-0.05, 0) is 67.0 Å². The highest BCUT2D eigenvalue weighted by molar-refractivity contribution is 14.1. The maximum Gasteiger partial charge on any atom is 0.146 e. The van der Waals surface area contributed by atoms with E-state index in [-0.39, 0.29) is 5.38 Å². The minimum Gasteiger partial charge on any atom is -0.311 e. The molecule has 1 unspecified atom stereocenters. The molecule has 0 saturated carbocycles. The van der Waals surface area contributed by atoms with Crippen LogP contribution < -0.4 is 5.01 Å². The molecule has 1 atom stereocenters. The van der Waals surface area contributed by atoms with Crippen molar-refractivity contribution in [3.63, 3.8) is 0 Å². The standard InChI is InChI=1S/C14H17ClIN3/c1-10(15)14-17-12-9-11(16)5-6-13(12)19(14)18-7-3-2-4-8-18/h5-6,9-10H,2-4,7-8H2,1H3. The van der Waals surface area contributed by atoms with Crippen LogP contribution >= 0.6 is 34.2 Å². The number of alkyl halides is 1. The van der Waals surface area contributed by atoms with Gasteiger partial charge in [-0.25, -0.2) is 9.66 Å². The molecule has 0 radical (unpaired) electrons. The summed E-state index contributed by atoms with van der Waals surface area (Å²) >= 11 is 8.65. The Morgan fingerprint density at radius 3 is 2.68 bits per heavy atom. The summed E-state index contributed by atoms with van der Waals surface area (Å²) in [6.45, 7) is 4.18. The lowest BCUT2D eigenvalue weighted by molar-refractivity contribution is 0.475. The van der Waals surface area contributed by atoms with E-state index in [1.54, 1.807) is 0 Å². The Bertz CT molecular complexity index is 588. The lowest BCUT2D eigenvalue weighted by Gasteiger charge is -2.31. The lowest BCUT2D eigenvalue weighted by Crippen LogP contribution is -2.40. The van der Waals surface area contributed by atoms with E-state index in [0.717, 1.165) is 24.4 Å². The molecule has 0 bridgehead atoms. The normalized spacial score (nSPS) is 17.9. The van der Waals surface area contributed by atoms with Crippen molar-refractivity contribution in [3.8, 4) is 0 Å². The molecule has 1 aromatic heterocycles. The van der Waals surface area contributed by atoms with E-state index in [1.807, 2.05) is 6.92 Å². The molecule has 102 valence electrons. The third-order valence-corrected chi connectivity index (χ3v) is 4.45. The molecular formula is C14H17ClIN3. The first kappa shape index (κ1) is 13.5. The van der Waals surface area contributed by atoms with Crippen LogP contribution in [0.5, 0.6) is 0 Å².